The Kier molecular flexibility index (Phi) is 4.18. The molecule has 0 saturated carbocycles. The molecule has 0 radical (unpaired) electrons. The van der Waals surface area contributed by atoms with Crippen molar-refractivity contribution in [2.24, 2.45) is 0 Å². The van der Waals surface area contributed by atoms with E-state index in [2.05, 4.69) is 15.4 Å². The molecule has 0 N–H and O–H groups in total. The highest BCUT2D eigenvalue weighted by molar-refractivity contribution is 5.75. The van der Waals surface area contributed by atoms with Crippen LogP contribution in [0.4, 0.5) is 0 Å². The Bertz CT molecular complexity index is 794. The van der Waals surface area contributed by atoms with Gasteiger partial charge in [-0.2, -0.15) is 4.80 Å². The summed E-state index contributed by atoms with van der Waals surface area (Å²) in [7, 11) is 1.72. The molecule has 7 heteroatoms. The number of hydrogen-bond acceptors (Lipinski definition) is 5. The zero-order valence-electron chi connectivity index (χ0n) is 13.0. The lowest BCUT2D eigenvalue weighted by molar-refractivity contribution is -0.131. The smallest absolute Gasteiger partial charge is 0.246 e. The molecule has 0 unspecified atom stereocenters. The number of carbonyl (C=O) groups excluding carboxylic acids is 1. The number of amides is 1. The number of hydrogen-bond donors (Lipinski definition) is 0. The van der Waals surface area contributed by atoms with Crippen molar-refractivity contribution >= 4 is 5.91 Å². The number of aromatic nitrogens is 4. The van der Waals surface area contributed by atoms with Crippen molar-refractivity contribution in [1.82, 2.24) is 25.1 Å². The van der Waals surface area contributed by atoms with Crippen LogP contribution in [0.5, 0.6) is 0 Å². The second-order valence-corrected chi connectivity index (χ2v) is 5.27. The molecule has 118 valence electrons. The maximum Gasteiger partial charge on any atom is 0.246 e. The summed E-state index contributed by atoms with van der Waals surface area (Å²) >= 11 is 0. The van der Waals surface area contributed by atoms with Crippen LogP contribution in [0.3, 0.4) is 0 Å². The molecule has 23 heavy (non-hydrogen) atoms. The van der Waals surface area contributed by atoms with Gasteiger partial charge in [0, 0.05) is 12.6 Å². The van der Waals surface area contributed by atoms with E-state index in [0.29, 0.717) is 12.4 Å². The minimum atomic E-state index is -0.115. The van der Waals surface area contributed by atoms with Gasteiger partial charge in [0.1, 0.15) is 18.1 Å². The molecule has 0 spiro atoms. The van der Waals surface area contributed by atoms with Crippen LogP contribution in [0.1, 0.15) is 11.5 Å². The van der Waals surface area contributed by atoms with Gasteiger partial charge in [0.05, 0.1) is 6.54 Å². The summed E-state index contributed by atoms with van der Waals surface area (Å²) in [5.41, 5.74) is 0.866. The SMILES string of the molecule is Cc1ccc(CN(C)C(=O)Cn2nnc(-c3ccccc3)n2)o1. The van der Waals surface area contributed by atoms with Crippen LogP contribution in [0.25, 0.3) is 11.4 Å². The van der Waals surface area contributed by atoms with Gasteiger partial charge in [-0.15, -0.1) is 10.2 Å². The Morgan fingerprint density at radius 3 is 2.70 bits per heavy atom. The van der Waals surface area contributed by atoms with Gasteiger partial charge in [-0.3, -0.25) is 4.79 Å². The first-order valence-electron chi connectivity index (χ1n) is 7.24. The van der Waals surface area contributed by atoms with E-state index in [-0.39, 0.29) is 12.5 Å². The summed E-state index contributed by atoms with van der Waals surface area (Å²) in [5, 5.41) is 12.1. The molecule has 0 fully saturated rings. The molecule has 1 amide bonds. The van der Waals surface area contributed by atoms with Gasteiger partial charge in [0.15, 0.2) is 0 Å². The number of nitrogens with zero attached hydrogens (tertiary/aromatic N) is 5. The van der Waals surface area contributed by atoms with Crippen LogP contribution in [0.15, 0.2) is 46.9 Å². The molecule has 0 atom stereocenters. The zero-order valence-corrected chi connectivity index (χ0v) is 13.0. The Balaban J connectivity index is 1.63. The van der Waals surface area contributed by atoms with E-state index in [4.69, 9.17) is 4.42 Å². The van der Waals surface area contributed by atoms with Crippen molar-refractivity contribution < 1.29 is 9.21 Å². The van der Waals surface area contributed by atoms with Crippen molar-refractivity contribution in [3.8, 4) is 11.4 Å². The maximum absolute atomic E-state index is 12.2. The second kappa shape index (κ2) is 6.43. The molecule has 7 nitrogen and oxygen atoms in total. The molecule has 0 aliphatic carbocycles. The first-order chi connectivity index (χ1) is 11.1. The molecule has 1 aromatic carbocycles. The highest BCUT2D eigenvalue weighted by Crippen LogP contribution is 2.12. The molecular formula is C16H17N5O2. The van der Waals surface area contributed by atoms with Crippen molar-refractivity contribution in [2.45, 2.75) is 20.0 Å². The predicted octanol–water partition coefficient (Wildman–Crippen LogP) is 1.90. The lowest BCUT2D eigenvalue weighted by Gasteiger charge is -2.14. The third-order valence-corrected chi connectivity index (χ3v) is 3.38. The molecular weight excluding hydrogens is 294 g/mol. The van der Waals surface area contributed by atoms with Crippen molar-refractivity contribution in [3.05, 3.63) is 54.0 Å². The van der Waals surface area contributed by atoms with Crippen molar-refractivity contribution in [3.63, 3.8) is 0 Å². The summed E-state index contributed by atoms with van der Waals surface area (Å²) < 4.78 is 5.47. The standard InChI is InChI=1S/C16H17N5O2/c1-12-8-9-14(23-12)10-20(2)15(22)11-21-18-16(17-19-21)13-6-4-3-5-7-13/h3-9H,10-11H2,1-2H3. The van der Waals surface area contributed by atoms with Gasteiger partial charge in [-0.25, -0.2) is 0 Å². The fourth-order valence-corrected chi connectivity index (χ4v) is 2.15. The Morgan fingerprint density at radius 1 is 1.22 bits per heavy atom. The quantitative estimate of drug-likeness (QED) is 0.719. The molecule has 2 aromatic heterocycles. The lowest BCUT2D eigenvalue weighted by atomic mass is 10.2. The first-order valence-corrected chi connectivity index (χ1v) is 7.24. The van der Waals surface area contributed by atoms with Crippen molar-refractivity contribution in [1.29, 1.82) is 0 Å². The summed E-state index contributed by atoms with van der Waals surface area (Å²) in [6.07, 6.45) is 0. The molecule has 0 bridgehead atoms. The Labute approximate surface area is 133 Å². The monoisotopic (exact) mass is 311 g/mol. The first kappa shape index (κ1) is 15.0. The Morgan fingerprint density at radius 2 is 2.00 bits per heavy atom. The van der Waals surface area contributed by atoms with Gasteiger partial charge in [-0.1, -0.05) is 30.3 Å². The number of rotatable bonds is 5. The molecule has 3 aromatic rings. The summed E-state index contributed by atoms with van der Waals surface area (Å²) in [6, 6.07) is 13.3. The number of likely N-dealkylation sites (N-methyl/N-ethyl adjacent to an activating group) is 1. The molecule has 0 saturated heterocycles. The lowest BCUT2D eigenvalue weighted by Crippen LogP contribution is -2.30. The number of furan rings is 1. The minimum absolute atomic E-state index is 0.0377. The number of benzene rings is 1. The van der Waals surface area contributed by atoms with Gasteiger partial charge in [0.2, 0.25) is 11.7 Å². The number of aryl methyl sites for hydroxylation is 1. The largest absolute Gasteiger partial charge is 0.464 e. The molecule has 0 aliphatic rings. The van der Waals surface area contributed by atoms with E-state index in [1.165, 1.54) is 4.80 Å². The third kappa shape index (κ3) is 3.63. The highest BCUT2D eigenvalue weighted by Gasteiger charge is 2.14. The molecule has 0 aliphatic heterocycles. The van der Waals surface area contributed by atoms with E-state index in [9.17, 15) is 4.79 Å². The Hall–Kier alpha value is -2.96. The molecule has 2 heterocycles. The summed E-state index contributed by atoms with van der Waals surface area (Å²) in [5.74, 6) is 1.96. The van der Waals surface area contributed by atoms with Crippen LogP contribution in [0, 0.1) is 6.92 Å². The topological polar surface area (TPSA) is 77.1 Å². The maximum atomic E-state index is 12.2. The van der Waals surface area contributed by atoms with E-state index in [1.807, 2.05) is 49.4 Å². The van der Waals surface area contributed by atoms with Gasteiger partial charge in [0.25, 0.3) is 0 Å². The number of carbonyl (C=O) groups is 1. The fraction of sp³-hybridized carbons (Fsp3) is 0.250. The van der Waals surface area contributed by atoms with E-state index in [1.54, 1.807) is 11.9 Å². The van der Waals surface area contributed by atoms with Gasteiger partial charge in [-0.05, 0) is 24.3 Å². The van der Waals surface area contributed by atoms with Crippen LogP contribution < -0.4 is 0 Å². The van der Waals surface area contributed by atoms with E-state index in [0.717, 1.165) is 17.1 Å². The van der Waals surface area contributed by atoms with Crippen LogP contribution in [-0.4, -0.2) is 38.1 Å². The fourth-order valence-electron chi connectivity index (χ4n) is 2.15. The predicted molar refractivity (Wildman–Crippen MR) is 83.2 cm³/mol. The van der Waals surface area contributed by atoms with Crippen LogP contribution in [0.2, 0.25) is 0 Å². The van der Waals surface area contributed by atoms with Crippen LogP contribution in [-0.2, 0) is 17.9 Å². The normalized spacial score (nSPS) is 10.7. The highest BCUT2D eigenvalue weighted by atomic mass is 16.3. The average molecular weight is 311 g/mol. The van der Waals surface area contributed by atoms with Gasteiger partial charge >= 0.3 is 0 Å². The van der Waals surface area contributed by atoms with Gasteiger partial charge < -0.3 is 9.32 Å². The van der Waals surface area contributed by atoms with Crippen LogP contribution >= 0.6 is 0 Å². The average Bonchev–Trinajstić information content (AvgIpc) is 3.17. The van der Waals surface area contributed by atoms with E-state index < -0.39 is 0 Å². The zero-order chi connectivity index (χ0) is 16.2. The minimum Gasteiger partial charge on any atom is -0.464 e. The summed E-state index contributed by atoms with van der Waals surface area (Å²) in [6.45, 7) is 2.32. The number of tetrazole rings is 1. The molecule has 3 rings (SSSR count). The van der Waals surface area contributed by atoms with Crippen molar-refractivity contribution in [2.75, 3.05) is 7.05 Å². The second-order valence-electron chi connectivity index (χ2n) is 5.27. The third-order valence-electron chi connectivity index (χ3n) is 3.38. The summed E-state index contributed by atoms with van der Waals surface area (Å²) in [4.78, 5) is 15.1. The van der Waals surface area contributed by atoms with E-state index >= 15 is 0 Å².